The number of rotatable bonds is 3. The molecule has 0 N–H and O–H groups in total. The van der Waals surface area contributed by atoms with Crippen LogP contribution in [0.15, 0.2) is 103 Å². The molecule has 0 saturated heterocycles. The van der Waals surface area contributed by atoms with Crippen LogP contribution in [-0.4, -0.2) is 14.5 Å². The molecule has 0 unspecified atom stereocenters. The number of nitrogens with zero attached hydrogens (tertiary/aromatic N) is 3. The summed E-state index contributed by atoms with van der Waals surface area (Å²) >= 11 is 13.2. The van der Waals surface area contributed by atoms with E-state index in [2.05, 4.69) is 18.2 Å². The van der Waals surface area contributed by atoms with Gasteiger partial charge in [0, 0.05) is 27.6 Å². The van der Waals surface area contributed by atoms with E-state index in [1.54, 1.807) is 0 Å². The highest BCUT2D eigenvalue weighted by Gasteiger charge is 2.17. The van der Waals surface area contributed by atoms with Gasteiger partial charge in [-0.1, -0.05) is 102 Å². The highest BCUT2D eigenvalue weighted by atomic mass is 35.5. The third kappa shape index (κ3) is 3.37. The van der Waals surface area contributed by atoms with Crippen molar-refractivity contribution in [3.8, 4) is 28.3 Å². The Balaban J connectivity index is 1.64. The zero-order chi connectivity index (χ0) is 22.4. The van der Waals surface area contributed by atoms with Crippen LogP contribution in [0.5, 0.6) is 0 Å². The second kappa shape index (κ2) is 8.04. The van der Waals surface area contributed by atoms with Crippen LogP contribution in [0, 0.1) is 0 Å². The average molecular weight is 466 g/mol. The van der Waals surface area contributed by atoms with Crippen molar-refractivity contribution in [3.05, 3.63) is 113 Å². The number of halogens is 2. The molecule has 0 radical (unpaired) electrons. The van der Waals surface area contributed by atoms with E-state index in [1.165, 1.54) is 0 Å². The van der Waals surface area contributed by atoms with Gasteiger partial charge in [-0.3, -0.25) is 4.57 Å². The summed E-state index contributed by atoms with van der Waals surface area (Å²) in [4.78, 5) is 9.86. The molecule has 158 valence electrons. The maximum absolute atomic E-state index is 6.68. The molecule has 2 heterocycles. The van der Waals surface area contributed by atoms with Gasteiger partial charge in [0.2, 0.25) is 0 Å². The van der Waals surface area contributed by atoms with E-state index in [0.29, 0.717) is 16.0 Å². The number of para-hydroxylation sites is 1. The van der Waals surface area contributed by atoms with Crippen molar-refractivity contribution in [2.75, 3.05) is 0 Å². The lowest BCUT2D eigenvalue weighted by molar-refractivity contribution is 1.13. The Kier molecular flexibility index (Phi) is 4.87. The number of aromatic nitrogens is 3. The van der Waals surface area contributed by atoms with Gasteiger partial charge in [0.15, 0.2) is 5.82 Å². The fourth-order valence-electron chi connectivity index (χ4n) is 4.21. The second-order valence-corrected chi connectivity index (χ2v) is 8.52. The summed E-state index contributed by atoms with van der Waals surface area (Å²) in [5.41, 5.74) is 5.61. The van der Waals surface area contributed by atoms with Gasteiger partial charge < -0.3 is 0 Å². The highest BCUT2D eigenvalue weighted by Crippen LogP contribution is 2.38. The molecule has 0 saturated carbocycles. The predicted molar refractivity (Wildman–Crippen MR) is 137 cm³/mol. The molecule has 6 aromatic rings. The molecule has 0 spiro atoms. The van der Waals surface area contributed by atoms with Crippen molar-refractivity contribution < 1.29 is 0 Å². The smallest absolute Gasteiger partial charge is 0.160 e. The van der Waals surface area contributed by atoms with Crippen LogP contribution in [-0.2, 0) is 0 Å². The Hall–Kier alpha value is -3.66. The predicted octanol–water partition coefficient (Wildman–Crippen LogP) is 8.21. The SMILES string of the molecule is Clc1c(Cl)n(-c2ccc3nc(-c4ccccc4)nc(-c4ccccc4)c3c2)c2ccccc12. The minimum Gasteiger partial charge on any atom is -0.299 e. The molecule has 6 rings (SSSR count). The number of hydrogen-bond acceptors (Lipinski definition) is 2. The summed E-state index contributed by atoms with van der Waals surface area (Å²) in [6.45, 7) is 0. The fourth-order valence-corrected chi connectivity index (χ4v) is 4.74. The maximum atomic E-state index is 6.68. The molecule has 0 aliphatic rings. The van der Waals surface area contributed by atoms with Crippen molar-refractivity contribution in [2.45, 2.75) is 0 Å². The zero-order valence-corrected chi connectivity index (χ0v) is 18.9. The Bertz CT molecular complexity index is 1620. The minimum atomic E-state index is 0.486. The molecule has 3 nitrogen and oxygen atoms in total. The number of benzene rings is 4. The first-order valence-electron chi connectivity index (χ1n) is 10.6. The van der Waals surface area contributed by atoms with Crippen molar-refractivity contribution in [3.63, 3.8) is 0 Å². The summed E-state index contributed by atoms with van der Waals surface area (Å²) in [6.07, 6.45) is 0. The van der Waals surface area contributed by atoms with Crippen LogP contribution in [0.2, 0.25) is 10.2 Å². The lowest BCUT2D eigenvalue weighted by atomic mass is 10.0. The second-order valence-electron chi connectivity index (χ2n) is 7.79. The molecule has 33 heavy (non-hydrogen) atoms. The van der Waals surface area contributed by atoms with Crippen LogP contribution in [0.1, 0.15) is 0 Å². The monoisotopic (exact) mass is 465 g/mol. The molecule has 2 aromatic heterocycles. The normalized spacial score (nSPS) is 11.3. The maximum Gasteiger partial charge on any atom is 0.160 e. The van der Waals surface area contributed by atoms with Gasteiger partial charge in [-0.05, 0) is 24.3 Å². The van der Waals surface area contributed by atoms with E-state index in [0.717, 1.165) is 44.3 Å². The van der Waals surface area contributed by atoms with Gasteiger partial charge in [0.1, 0.15) is 5.15 Å². The molecule has 5 heteroatoms. The van der Waals surface area contributed by atoms with Crippen molar-refractivity contribution in [2.24, 2.45) is 0 Å². The van der Waals surface area contributed by atoms with E-state index >= 15 is 0 Å². The van der Waals surface area contributed by atoms with Crippen LogP contribution in [0.3, 0.4) is 0 Å². The first-order valence-corrected chi connectivity index (χ1v) is 11.3. The van der Waals surface area contributed by atoms with Crippen LogP contribution in [0.25, 0.3) is 50.1 Å². The third-order valence-electron chi connectivity index (χ3n) is 5.78. The van der Waals surface area contributed by atoms with Gasteiger partial charge in [0.05, 0.1) is 21.7 Å². The molecule has 0 fully saturated rings. The molecular weight excluding hydrogens is 449 g/mol. The molecule has 0 aliphatic heterocycles. The quantitative estimate of drug-likeness (QED) is 0.263. The van der Waals surface area contributed by atoms with Gasteiger partial charge in [0.25, 0.3) is 0 Å². The van der Waals surface area contributed by atoms with Crippen LogP contribution < -0.4 is 0 Å². The minimum absolute atomic E-state index is 0.486. The standard InChI is InChI=1S/C28H17Cl2N3/c29-25-21-13-7-8-14-24(21)33(27(25)30)20-15-16-23-22(17-20)26(18-9-3-1-4-10-18)32-28(31-23)19-11-5-2-6-12-19/h1-17H. The molecule has 0 aliphatic carbocycles. The first-order chi connectivity index (χ1) is 16.2. The fraction of sp³-hybridized carbons (Fsp3) is 0. The molecule has 0 amide bonds. The van der Waals surface area contributed by atoms with Gasteiger partial charge in [-0.2, -0.15) is 0 Å². The Morgan fingerprint density at radius 3 is 2.03 bits per heavy atom. The number of hydrogen-bond donors (Lipinski definition) is 0. The summed E-state index contributed by atoms with van der Waals surface area (Å²) in [7, 11) is 0. The van der Waals surface area contributed by atoms with Crippen molar-refractivity contribution in [1.82, 2.24) is 14.5 Å². The number of fused-ring (bicyclic) bond motifs is 2. The average Bonchev–Trinajstić information content (AvgIpc) is 3.14. The van der Waals surface area contributed by atoms with E-state index in [-0.39, 0.29) is 0 Å². The van der Waals surface area contributed by atoms with Gasteiger partial charge in [-0.25, -0.2) is 9.97 Å². The molecular formula is C28H17Cl2N3. The van der Waals surface area contributed by atoms with Gasteiger partial charge in [-0.15, -0.1) is 0 Å². The van der Waals surface area contributed by atoms with Crippen molar-refractivity contribution >= 4 is 45.0 Å². The topological polar surface area (TPSA) is 30.7 Å². The summed E-state index contributed by atoms with van der Waals surface area (Å²) in [5, 5.41) is 2.90. The molecule has 4 aromatic carbocycles. The summed E-state index contributed by atoms with van der Waals surface area (Å²) in [5.74, 6) is 0.696. The Labute approximate surface area is 200 Å². The highest BCUT2D eigenvalue weighted by molar-refractivity contribution is 6.45. The van der Waals surface area contributed by atoms with E-state index < -0.39 is 0 Å². The van der Waals surface area contributed by atoms with Crippen LogP contribution >= 0.6 is 23.2 Å². The molecule has 0 atom stereocenters. The lowest BCUT2D eigenvalue weighted by Crippen LogP contribution is -1.98. The zero-order valence-electron chi connectivity index (χ0n) is 17.4. The van der Waals surface area contributed by atoms with E-state index in [4.69, 9.17) is 33.2 Å². The largest absolute Gasteiger partial charge is 0.299 e. The van der Waals surface area contributed by atoms with Gasteiger partial charge >= 0.3 is 0 Å². The Morgan fingerprint density at radius 2 is 1.27 bits per heavy atom. The first kappa shape index (κ1) is 20.0. The lowest BCUT2D eigenvalue weighted by Gasteiger charge is -2.13. The summed E-state index contributed by atoms with van der Waals surface area (Å²) in [6, 6.07) is 34.3. The van der Waals surface area contributed by atoms with E-state index in [1.807, 2.05) is 89.5 Å². The van der Waals surface area contributed by atoms with Crippen LogP contribution in [0.4, 0.5) is 0 Å². The molecule has 0 bridgehead atoms. The Morgan fingerprint density at radius 1 is 0.606 bits per heavy atom. The van der Waals surface area contributed by atoms with Crippen molar-refractivity contribution in [1.29, 1.82) is 0 Å². The van der Waals surface area contributed by atoms with E-state index in [9.17, 15) is 0 Å². The summed E-state index contributed by atoms with van der Waals surface area (Å²) < 4.78 is 1.97. The third-order valence-corrected chi connectivity index (χ3v) is 6.61.